The van der Waals surface area contributed by atoms with Crippen LogP contribution in [0.5, 0.6) is 11.5 Å². The molecule has 9 heteroatoms. The van der Waals surface area contributed by atoms with Crippen molar-refractivity contribution >= 4 is 44.2 Å². The fourth-order valence-electron chi connectivity index (χ4n) is 3.21. The first kappa shape index (κ1) is 24.8. The van der Waals surface area contributed by atoms with Gasteiger partial charge in [0.05, 0.1) is 24.8 Å². The summed E-state index contributed by atoms with van der Waals surface area (Å²) in [7, 11) is -0.781. The highest BCUT2D eigenvalue weighted by Gasteiger charge is 2.27. The lowest BCUT2D eigenvalue weighted by molar-refractivity contribution is -0.119. The SMILES string of the molecule is COc1ccc(CCNC(=O)CN(c2ccc(I)cc2)S(=O)(=O)c2ccccc2)cc1OC. The van der Waals surface area contributed by atoms with Crippen LogP contribution in [0.3, 0.4) is 0 Å². The van der Waals surface area contributed by atoms with Crippen molar-refractivity contribution < 1.29 is 22.7 Å². The number of hydrogen-bond acceptors (Lipinski definition) is 5. The molecule has 174 valence electrons. The molecule has 7 nitrogen and oxygen atoms in total. The molecular weight excluding hydrogens is 555 g/mol. The molecule has 1 amide bonds. The van der Waals surface area contributed by atoms with Gasteiger partial charge in [0, 0.05) is 10.1 Å². The lowest BCUT2D eigenvalue weighted by atomic mass is 10.1. The summed E-state index contributed by atoms with van der Waals surface area (Å²) in [6, 6.07) is 20.6. The maximum atomic E-state index is 13.3. The van der Waals surface area contributed by atoms with E-state index in [1.165, 1.54) is 12.1 Å². The highest BCUT2D eigenvalue weighted by Crippen LogP contribution is 2.28. The molecule has 0 heterocycles. The van der Waals surface area contributed by atoms with Gasteiger partial charge in [0.15, 0.2) is 11.5 Å². The van der Waals surface area contributed by atoms with Crippen LogP contribution in [-0.2, 0) is 21.2 Å². The van der Waals surface area contributed by atoms with Gasteiger partial charge in [-0.2, -0.15) is 0 Å². The zero-order valence-corrected chi connectivity index (χ0v) is 21.3. The molecule has 1 N–H and O–H groups in total. The Hall–Kier alpha value is -2.79. The second kappa shape index (κ2) is 11.4. The first-order valence-electron chi connectivity index (χ1n) is 10.2. The van der Waals surface area contributed by atoms with Crippen LogP contribution in [0.4, 0.5) is 5.69 Å². The van der Waals surface area contributed by atoms with E-state index in [1.807, 2.05) is 12.1 Å². The average molecular weight is 580 g/mol. The molecule has 0 aliphatic carbocycles. The summed E-state index contributed by atoms with van der Waals surface area (Å²) in [5.41, 5.74) is 1.38. The topological polar surface area (TPSA) is 84.9 Å². The Morgan fingerprint density at radius 1 is 0.939 bits per heavy atom. The minimum absolute atomic E-state index is 0.127. The van der Waals surface area contributed by atoms with Crippen molar-refractivity contribution in [3.8, 4) is 11.5 Å². The molecule has 0 aliphatic rings. The van der Waals surface area contributed by atoms with E-state index in [-0.39, 0.29) is 11.4 Å². The molecule has 0 saturated heterocycles. The molecule has 3 aromatic carbocycles. The number of anilines is 1. The van der Waals surface area contributed by atoms with Crippen LogP contribution >= 0.6 is 22.6 Å². The van der Waals surface area contributed by atoms with Gasteiger partial charge < -0.3 is 14.8 Å². The molecule has 0 atom stereocenters. The summed E-state index contributed by atoms with van der Waals surface area (Å²) in [6.45, 7) is 0.0178. The zero-order valence-electron chi connectivity index (χ0n) is 18.3. The number of sulfonamides is 1. The van der Waals surface area contributed by atoms with E-state index >= 15 is 0 Å². The number of ether oxygens (including phenoxy) is 2. The van der Waals surface area contributed by atoms with Crippen LogP contribution in [0.15, 0.2) is 77.7 Å². The van der Waals surface area contributed by atoms with E-state index in [9.17, 15) is 13.2 Å². The summed E-state index contributed by atoms with van der Waals surface area (Å²) in [5.74, 6) is 0.846. The van der Waals surface area contributed by atoms with E-state index in [4.69, 9.17) is 9.47 Å². The second-order valence-electron chi connectivity index (χ2n) is 7.09. The third kappa shape index (κ3) is 6.38. The number of nitrogens with one attached hydrogen (secondary N) is 1. The lowest BCUT2D eigenvalue weighted by Gasteiger charge is -2.24. The summed E-state index contributed by atoms with van der Waals surface area (Å²) in [5, 5.41) is 2.81. The lowest BCUT2D eigenvalue weighted by Crippen LogP contribution is -2.41. The monoisotopic (exact) mass is 580 g/mol. The van der Waals surface area contributed by atoms with Crippen molar-refractivity contribution in [3.63, 3.8) is 0 Å². The summed E-state index contributed by atoms with van der Waals surface area (Å²) in [4.78, 5) is 12.8. The molecule has 0 saturated carbocycles. The van der Waals surface area contributed by atoms with E-state index in [0.717, 1.165) is 13.4 Å². The van der Waals surface area contributed by atoms with Crippen molar-refractivity contribution in [1.29, 1.82) is 0 Å². The number of rotatable bonds is 10. The fraction of sp³-hybridized carbons (Fsp3) is 0.208. The predicted octanol–water partition coefficient (Wildman–Crippen LogP) is 3.86. The molecule has 0 bridgehead atoms. The zero-order chi connectivity index (χ0) is 23.8. The first-order valence-corrected chi connectivity index (χ1v) is 12.7. The number of carbonyl (C=O) groups excluding carboxylic acids is 1. The Balaban J connectivity index is 1.72. The smallest absolute Gasteiger partial charge is 0.264 e. The van der Waals surface area contributed by atoms with E-state index < -0.39 is 15.9 Å². The van der Waals surface area contributed by atoms with Gasteiger partial charge in [0.25, 0.3) is 10.0 Å². The Bertz CT molecular complexity index is 1190. The van der Waals surface area contributed by atoms with Gasteiger partial charge in [-0.3, -0.25) is 9.10 Å². The number of hydrogen-bond donors (Lipinski definition) is 1. The largest absolute Gasteiger partial charge is 0.493 e. The van der Waals surface area contributed by atoms with Gasteiger partial charge >= 0.3 is 0 Å². The Morgan fingerprint density at radius 3 is 2.24 bits per heavy atom. The van der Waals surface area contributed by atoms with Crippen molar-refractivity contribution in [2.45, 2.75) is 11.3 Å². The highest BCUT2D eigenvalue weighted by atomic mass is 127. The van der Waals surface area contributed by atoms with Gasteiger partial charge in [0.1, 0.15) is 6.54 Å². The number of amides is 1. The summed E-state index contributed by atoms with van der Waals surface area (Å²) < 4.78 is 39.2. The summed E-state index contributed by atoms with van der Waals surface area (Å²) >= 11 is 2.15. The minimum atomic E-state index is -3.92. The van der Waals surface area contributed by atoms with E-state index in [2.05, 4.69) is 27.9 Å². The van der Waals surface area contributed by atoms with Gasteiger partial charge in [-0.25, -0.2) is 8.42 Å². The third-order valence-electron chi connectivity index (χ3n) is 4.92. The average Bonchev–Trinajstić information content (AvgIpc) is 2.83. The molecule has 0 aromatic heterocycles. The highest BCUT2D eigenvalue weighted by molar-refractivity contribution is 14.1. The van der Waals surface area contributed by atoms with Crippen LogP contribution in [0.25, 0.3) is 0 Å². The number of nitrogens with zero attached hydrogens (tertiary/aromatic N) is 1. The van der Waals surface area contributed by atoms with Gasteiger partial charge in [-0.15, -0.1) is 0 Å². The minimum Gasteiger partial charge on any atom is -0.493 e. The number of carbonyl (C=O) groups is 1. The number of benzene rings is 3. The van der Waals surface area contributed by atoms with Crippen LogP contribution in [0, 0.1) is 3.57 Å². The number of halogens is 1. The quantitative estimate of drug-likeness (QED) is 0.369. The van der Waals surface area contributed by atoms with Gasteiger partial charge in [-0.1, -0.05) is 24.3 Å². The summed E-state index contributed by atoms with van der Waals surface area (Å²) in [6.07, 6.45) is 0.557. The fourth-order valence-corrected chi connectivity index (χ4v) is 5.01. The molecule has 0 spiro atoms. The molecule has 0 aliphatic heterocycles. The van der Waals surface area contributed by atoms with E-state index in [1.54, 1.807) is 62.8 Å². The molecule has 3 aromatic rings. The first-order chi connectivity index (χ1) is 15.8. The van der Waals surface area contributed by atoms with Crippen molar-refractivity contribution in [1.82, 2.24) is 5.32 Å². The number of methoxy groups -OCH3 is 2. The van der Waals surface area contributed by atoms with Crippen LogP contribution in [0.1, 0.15) is 5.56 Å². The Kier molecular flexibility index (Phi) is 8.56. The molecule has 0 unspecified atom stereocenters. The maximum absolute atomic E-state index is 13.3. The molecule has 0 radical (unpaired) electrons. The van der Waals surface area contributed by atoms with E-state index in [0.29, 0.717) is 30.2 Å². The van der Waals surface area contributed by atoms with Gasteiger partial charge in [0.2, 0.25) is 5.91 Å². The standard InChI is InChI=1S/C24H25IN2O5S/c1-31-22-13-8-18(16-23(22)32-2)14-15-26-24(28)17-27(20-11-9-19(25)10-12-20)33(29,30)21-6-4-3-5-7-21/h3-13,16H,14-15,17H2,1-2H3,(H,26,28). The predicted molar refractivity (Wildman–Crippen MR) is 136 cm³/mol. The maximum Gasteiger partial charge on any atom is 0.264 e. The molecular formula is C24H25IN2O5S. The van der Waals surface area contributed by atoms with Crippen molar-refractivity contribution in [2.75, 3.05) is 31.6 Å². The second-order valence-corrected chi connectivity index (χ2v) is 10.2. The van der Waals surface area contributed by atoms with Crippen molar-refractivity contribution in [3.05, 3.63) is 81.9 Å². The third-order valence-corrected chi connectivity index (χ3v) is 7.42. The van der Waals surface area contributed by atoms with Crippen LogP contribution in [-0.4, -0.2) is 41.6 Å². The van der Waals surface area contributed by atoms with Crippen LogP contribution < -0.4 is 19.1 Å². The molecule has 0 fully saturated rings. The molecule has 33 heavy (non-hydrogen) atoms. The van der Waals surface area contributed by atoms with Gasteiger partial charge in [-0.05, 0) is 83.1 Å². The molecule has 3 rings (SSSR count). The van der Waals surface area contributed by atoms with Crippen molar-refractivity contribution in [2.24, 2.45) is 0 Å². The van der Waals surface area contributed by atoms with Crippen LogP contribution in [0.2, 0.25) is 0 Å². The Morgan fingerprint density at radius 2 is 1.61 bits per heavy atom. The normalized spacial score (nSPS) is 11.0. The Labute approximate surface area is 207 Å².